The largest absolute Gasteiger partial charge is 0.379 e. The highest BCUT2D eigenvalue weighted by Crippen LogP contribution is 2.21. The number of morpholine rings is 1. The molecule has 0 bridgehead atoms. The molecule has 2 aromatic heterocycles. The molecule has 4 rings (SSSR count). The van der Waals surface area contributed by atoms with E-state index in [0.717, 1.165) is 73.3 Å². The van der Waals surface area contributed by atoms with Crippen LogP contribution < -0.4 is 5.32 Å². The van der Waals surface area contributed by atoms with Gasteiger partial charge in [0, 0.05) is 24.7 Å². The highest BCUT2D eigenvalue weighted by atomic mass is 35.5. The zero-order chi connectivity index (χ0) is 18.5. The molecule has 1 fully saturated rings. The summed E-state index contributed by atoms with van der Waals surface area (Å²) in [6.45, 7) is 6.22. The molecule has 3 aromatic rings. The second-order valence-corrected chi connectivity index (χ2v) is 6.99. The molecule has 0 radical (unpaired) electrons. The lowest BCUT2D eigenvalue weighted by Gasteiger charge is -2.26. The first-order chi connectivity index (χ1) is 13.3. The van der Waals surface area contributed by atoms with Crippen molar-refractivity contribution in [2.45, 2.75) is 13.0 Å². The van der Waals surface area contributed by atoms with Gasteiger partial charge in [0.15, 0.2) is 5.65 Å². The molecule has 7 nitrogen and oxygen atoms in total. The van der Waals surface area contributed by atoms with E-state index in [9.17, 15) is 0 Å². The molecule has 1 N–H and O–H groups in total. The maximum atomic E-state index is 6.27. The number of aromatic nitrogens is 4. The van der Waals surface area contributed by atoms with E-state index in [1.54, 1.807) is 6.33 Å². The third kappa shape index (κ3) is 4.37. The first kappa shape index (κ1) is 18.2. The molecule has 3 heterocycles. The molecule has 0 spiro atoms. The summed E-state index contributed by atoms with van der Waals surface area (Å²) in [5.41, 5.74) is 1.82. The maximum Gasteiger partial charge on any atom is 0.163 e. The number of halogens is 1. The molecule has 0 unspecified atom stereocenters. The molecule has 1 saturated heterocycles. The first-order valence-electron chi connectivity index (χ1n) is 9.25. The van der Waals surface area contributed by atoms with E-state index in [1.807, 2.05) is 35.1 Å². The van der Waals surface area contributed by atoms with Gasteiger partial charge in [0.05, 0.1) is 31.3 Å². The van der Waals surface area contributed by atoms with E-state index in [1.165, 1.54) is 0 Å². The zero-order valence-corrected chi connectivity index (χ0v) is 15.9. The third-order valence-corrected chi connectivity index (χ3v) is 5.13. The van der Waals surface area contributed by atoms with Crippen LogP contribution >= 0.6 is 11.6 Å². The molecule has 142 valence electrons. The highest BCUT2D eigenvalue weighted by Gasteiger charge is 2.12. The summed E-state index contributed by atoms with van der Waals surface area (Å²) in [6.07, 6.45) is 4.45. The fraction of sp³-hybridized carbons (Fsp3) is 0.421. The van der Waals surface area contributed by atoms with Crippen LogP contribution in [0.5, 0.6) is 0 Å². The number of anilines is 1. The van der Waals surface area contributed by atoms with Crippen molar-refractivity contribution >= 4 is 28.5 Å². The third-order valence-electron chi connectivity index (χ3n) is 4.76. The van der Waals surface area contributed by atoms with Crippen molar-refractivity contribution < 1.29 is 4.74 Å². The quantitative estimate of drug-likeness (QED) is 0.629. The number of nitrogens with one attached hydrogen (secondary N) is 1. The van der Waals surface area contributed by atoms with Crippen LogP contribution in [0, 0.1) is 0 Å². The summed E-state index contributed by atoms with van der Waals surface area (Å²) in [6, 6.07) is 7.79. The minimum atomic E-state index is 0.580. The average Bonchev–Trinajstić information content (AvgIpc) is 3.11. The molecule has 1 aliphatic rings. The summed E-state index contributed by atoms with van der Waals surface area (Å²) in [7, 11) is 0. The minimum Gasteiger partial charge on any atom is -0.379 e. The van der Waals surface area contributed by atoms with Crippen LogP contribution in [0.3, 0.4) is 0 Å². The van der Waals surface area contributed by atoms with E-state index in [-0.39, 0.29) is 0 Å². The smallest absolute Gasteiger partial charge is 0.163 e. The SMILES string of the molecule is Clc1ccccc1Cn1ncc2c(NCCCN3CCOCC3)ncnc21. The molecule has 0 aliphatic carbocycles. The molecule has 27 heavy (non-hydrogen) atoms. The standard InChI is InChI=1S/C19H23ClN6O/c20-17-5-2-1-4-15(17)13-26-19-16(12-24-26)18(22-14-23-19)21-6-3-7-25-8-10-27-11-9-25/h1-2,4-5,12,14H,3,6-11,13H2,(H,21,22,23). The molecular weight excluding hydrogens is 364 g/mol. The number of hydrogen-bond acceptors (Lipinski definition) is 6. The van der Waals surface area contributed by atoms with Crippen molar-refractivity contribution in [2.75, 3.05) is 44.7 Å². The Labute approximate surface area is 163 Å². The maximum absolute atomic E-state index is 6.27. The summed E-state index contributed by atoms with van der Waals surface area (Å²) in [5.74, 6) is 0.826. The number of nitrogens with zero attached hydrogens (tertiary/aromatic N) is 5. The van der Waals surface area contributed by atoms with E-state index in [0.29, 0.717) is 6.54 Å². The average molecular weight is 387 g/mol. The van der Waals surface area contributed by atoms with Crippen molar-refractivity contribution in [1.82, 2.24) is 24.6 Å². The summed E-state index contributed by atoms with van der Waals surface area (Å²) >= 11 is 6.27. The van der Waals surface area contributed by atoms with Gasteiger partial charge in [0.1, 0.15) is 12.1 Å². The molecule has 0 saturated carbocycles. The van der Waals surface area contributed by atoms with Crippen LogP contribution in [-0.4, -0.2) is 64.0 Å². The molecule has 8 heteroatoms. The number of rotatable bonds is 7. The second kappa shape index (κ2) is 8.65. The Bertz CT molecular complexity index is 893. The Balaban J connectivity index is 1.40. The molecule has 1 aromatic carbocycles. The molecule has 1 aliphatic heterocycles. The fourth-order valence-electron chi connectivity index (χ4n) is 3.27. The first-order valence-corrected chi connectivity index (χ1v) is 9.63. The fourth-order valence-corrected chi connectivity index (χ4v) is 3.47. The van der Waals surface area contributed by atoms with Crippen LogP contribution in [0.2, 0.25) is 5.02 Å². The summed E-state index contributed by atoms with van der Waals surface area (Å²) in [4.78, 5) is 11.2. The van der Waals surface area contributed by atoms with E-state index >= 15 is 0 Å². The molecular formula is C19H23ClN6O. The van der Waals surface area contributed by atoms with E-state index in [4.69, 9.17) is 16.3 Å². The second-order valence-electron chi connectivity index (χ2n) is 6.59. The molecule has 0 amide bonds. The lowest BCUT2D eigenvalue weighted by atomic mass is 10.2. The normalized spacial score (nSPS) is 15.3. The topological polar surface area (TPSA) is 68.1 Å². The Hall–Kier alpha value is -2.22. The van der Waals surface area contributed by atoms with Crippen LogP contribution in [0.4, 0.5) is 5.82 Å². The monoisotopic (exact) mass is 386 g/mol. The Morgan fingerprint density at radius 2 is 2.00 bits per heavy atom. The van der Waals surface area contributed by atoms with Crippen LogP contribution in [-0.2, 0) is 11.3 Å². The van der Waals surface area contributed by atoms with Gasteiger partial charge in [0.2, 0.25) is 0 Å². The predicted molar refractivity (Wildman–Crippen MR) is 106 cm³/mol. The zero-order valence-electron chi connectivity index (χ0n) is 15.1. The summed E-state index contributed by atoms with van der Waals surface area (Å²) in [5, 5.41) is 9.57. The van der Waals surface area contributed by atoms with Gasteiger partial charge in [-0.1, -0.05) is 29.8 Å². The van der Waals surface area contributed by atoms with Crippen molar-refractivity contribution in [3.63, 3.8) is 0 Å². The Morgan fingerprint density at radius 1 is 1.15 bits per heavy atom. The minimum absolute atomic E-state index is 0.580. The van der Waals surface area contributed by atoms with Crippen LogP contribution in [0.1, 0.15) is 12.0 Å². The van der Waals surface area contributed by atoms with Gasteiger partial charge in [-0.15, -0.1) is 0 Å². The van der Waals surface area contributed by atoms with Gasteiger partial charge in [-0.25, -0.2) is 14.6 Å². The van der Waals surface area contributed by atoms with Gasteiger partial charge in [-0.05, 0) is 24.6 Å². The predicted octanol–water partition coefficient (Wildman–Crippen LogP) is 2.66. The van der Waals surface area contributed by atoms with Gasteiger partial charge >= 0.3 is 0 Å². The lowest BCUT2D eigenvalue weighted by molar-refractivity contribution is 0.0378. The molecule has 0 atom stereocenters. The number of benzene rings is 1. The Kier molecular flexibility index (Phi) is 5.81. The van der Waals surface area contributed by atoms with Gasteiger partial charge in [-0.3, -0.25) is 4.90 Å². The van der Waals surface area contributed by atoms with Gasteiger partial charge in [-0.2, -0.15) is 5.10 Å². The van der Waals surface area contributed by atoms with Crippen molar-refractivity contribution in [3.05, 3.63) is 47.4 Å². The highest BCUT2D eigenvalue weighted by molar-refractivity contribution is 6.31. The number of fused-ring (bicyclic) bond motifs is 1. The van der Waals surface area contributed by atoms with Gasteiger partial charge in [0.25, 0.3) is 0 Å². The lowest BCUT2D eigenvalue weighted by Crippen LogP contribution is -2.37. The number of ether oxygens (including phenoxy) is 1. The van der Waals surface area contributed by atoms with Crippen LogP contribution in [0.15, 0.2) is 36.8 Å². The van der Waals surface area contributed by atoms with Gasteiger partial charge < -0.3 is 10.1 Å². The van der Waals surface area contributed by atoms with Crippen molar-refractivity contribution in [3.8, 4) is 0 Å². The van der Waals surface area contributed by atoms with Crippen molar-refractivity contribution in [2.24, 2.45) is 0 Å². The number of hydrogen-bond donors (Lipinski definition) is 1. The van der Waals surface area contributed by atoms with Crippen LogP contribution in [0.25, 0.3) is 11.0 Å². The van der Waals surface area contributed by atoms with E-state index in [2.05, 4.69) is 25.3 Å². The van der Waals surface area contributed by atoms with Crippen molar-refractivity contribution in [1.29, 1.82) is 0 Å². The Morgan fingerprint density at radius 3 is 2.85 bits per heavy atom. The summed E-state index contributed by atoms with van der Waals surface area (Å²) < 4.78 is 7.24. The van der Waals surface area contributed by atoms with E-state index < -0.39 is 0 Å².